The Balaban J connectivity index is 2.89. The lowest BCUT2D eigenvalue weighted by Crippen LogP contribution is -2.47. The maximum Gasteiger partial charge on any atom is 0.355 e. The predicted octanol–water partition coefficient (Wildman–Crippen LogP) is 4.73. The lowest BCUT2D eigenvalue weighted by molar-refractivity contribution is 0.221. The van der Waals surface area contributed by atoms with E-state index in [9.17, 15) is 9.36 Å². The zero-order valence-electron chi connectivity index (χ0n) is 12.8. The summed E-state index contributed by atoms with van der Waals surface area (Å²) in [7, 11) is -0.949. The van der Waals surface area contributed by atoms with Gasteiger partial charge >= 0.3 is 13.6 Å². The fraction of sp³-hybridized carbons (Fsp3) is 0.462. The van der Waals surface area contributed by atoms with Crippen molar-refractivity contribution in [3.63, 3.8) is 0 Å². The minimum Gasteiger partial charge on any atom is -0.321 e. The number of halogens is 2. The van der Waals surface area contributed by atoms with Crippen molar-refractivity contribution in [3.05, 3.63) is 28.2 Å². The molecular weight excluding hydrogens is 350 g/mol. The van der Waals surface area contributed by atoms with Crippen LogP contribution in [0.25, 0.3) is 0 Å². The molecule has 0 aliphatic rings. The average Bonchev–Trinajstić information content (AvgIpc) is 2.49. The normalized spacial score (nSPS) is 14.3. The van der Waals surface area contributed by atoms with Gasteiger partial charge in [-0.15, -0.1) is 0 Å². The van der Waals surface area contributed by atoms with Crippen LogP contribution in [-0.2, 0) is 13.6 Å². The number of rotatable bonds is 6. The SMILES string of the molecule is CC[C@@](C)(NC(=O)Nc1ccc(Cl)c(Cl)c1)P(=O)(OC)OC. The van der Waals surface area contributed by atoms with Crippen LogP contribution in [0, 0.1) is 0 Å². The molecule has 0 saturated carbocycles. The molecule has 1 rings (SSSR count). The van der Waals surface area contributed by atoms with E-state index in [-0.39, 0.29) is 0 Å². The van der Waals surface area contributed by atoms with Gasteiger partial charge in [-0.1, -0.05) is 30.1 Å². The number of hydrogen-bond acceptors (Lipinski definition) is 4. The van der Waals surface area contributed by atoms with Gasteiger partial charge in [0.25, 0.3) is 0 Å². The Labute approximate surface area is 140 Å². The van der Waals surface area contributed by atoms with Crippen molar-refractivity contribution >= 4 is 42.5 Å². The van der Waals surface area contributed by atoms with Crippen LogP contribution in [-0.4, -0.2) is 25.5 Å². The molecule has 0 aromatic heterocycles. The highest BCUT2D eigenvalue weighted by Crippen LogP contribution is 2.58. The van der Waals surface area contributed by atoms with E-state index in [0.29, 0.717) is 22.2 Å². The number of hydrogen-bond donors (Lipinski definition) is 2. The Kier molecular flexibility index (Phi) is 6.71. The van der Waals surface area contributed by atoms with Gasteiger partial charge in [0, 0.05) is 19.9 Å². The third kappa shape index (κ3) is 4.15. The molecule has 1 aromatic rings. The van der Waals surface area contributed by atoms with E-state index in [4.69, 9.17) is 32.2 Å². The van der Waals surface area contributed by atoms with E-state index >= 15 is 0 Å². The van der Waals surface area contributed by atoms with Crippen molar-refractivity contribution in [3.8, 4) is 0 Å². The molecule has 0 fully saturated rings. The summed E-state index contributed by atoms with van der Waals surface area (Å²) in [6.45, 7) is 3.36. The lowest BCUT2D eigenvalue weighted by atomic mass is 10.2. The van der Waals surface area contributed by atoms with Gasteiger partial charge in [-0.2, -0.15) is 0 Å². The molecule has 2 N–H and O–H groups in total. The average molecular weight is 369 g/mol. The molecule has 9 heteroatoms. The summed E-state index contributed by atoms with van der Waals surface area (Å²) in [5.74, 6) is 0. The predicted molar refractivity (Wildman–Crippen MR) is 88.9 cm³/mol. The van der Waals surface area contributed by atoms with E-state index in [2.05, 4.69) is 10.6 Å². The standard InChI is InChI=1S/C13H19Cl2N2O4P/c1-5-13(2,22(19,20-3)21-4)17-12(18)16-9-6-7-10(14)11(15)8-9/h6-8H,5H2,1-4H3,(H2,16,17,18)/t13-/m0/s1. The van der Waals surface area contributed by atoms with Crippen LogP contribution >= 0.6 is 30.8 Å². The second-order valence-electron chi connectivity index (χ2n) is 4.70. The van der Waals surface area contributed by atoms with E-state index < -0.39 is 18.9 Å². The zero-order chi connectivity index (χ0) is 17.0. The van der Waals surface area contributed by atoms with E-state index in [1.54, 1.807) is 26.0 Å². The van der Waals surface area contributed by atoms with Gasteiger partial charge < -0.3 is 19.7 Å². The van der Waals surface area contributed by atoms with Crippen molar-refractivity contribution in [1.82, 2.24) is 5.32 Å². The highest BCUT2D eigenvalue weighted by atomic mass is 35.5. The summed E-state index contributed by atoms with van der Waals surface area (Å²) in [4.78, 5) is 12.1. The van der Waals surface area contributed by atoms with Gasteiger partial charge in [0.1, 0.15) is 5.28 Å². The Morgan fingerprint density at radius 2 is 1.86 bits per heavy atom. The number of urea groups is 1. The number of amides is 2. The Bertz CT molecular complexity index is 591. The van der Waals surface area contributed by atoms with Crippen molar-refractivity contribution in [2.45, 2.75) is 25.5 Å². The number of anilines is 1. The molecule has 124 valence electrons. The van der Waals surface area contributed by atoms with Gasteiger partial charge in [-0.3, -0.25) is 4.57 Å². The number of carbonyl (C=O) groups excluding carboxylic acids is 1. The Hall–Kier alpha value is -0.780. The van der Waals surface area contributed by atoms with Crippen molar-refractivity contribution in [2.75, 3.05) is 19.5 Å². The summed E-state index contributed by atoms with van der Waals surface area (Å²) >= 11 is 11.7. The molecule has 1 aromatic carbocycles. The zero-order valence-corrected chi connectivity index (χ0v) is 15.2. The second kappa shape index (κ2) is 7.66. The molecule has 0 unspecified atom stereocenters. The quantitative estimate of drug-likeness (QED) is 0.711. The smallest absolute Gasteiger partial charge is 0.321 e. The maximum absolute atomic E-state index is 12.6. The first-order valence-corrected chi connectivity index (χ1v) is 8.77. The molecule has 0 aliphatic heterocycles. The molecule has 0 aliphatic carbocycles. The first-order valence-electron chi connectivity index (χ1n) is 6.47. The third-order valence-electron chi connectivity index (χ3n) is 3.33. The highest BCUT2D eigenvalue weighted by molar-refractivity contribution is 7.55. The van der Waals surface area contributed by atoms with Gasteiger partial charge in [0.2, 0.25) is 0 Å². The molecule has 6 nitrogen and oxygen atoms in total. The lowest BCUT2D eigenvalue weighted by Gasteiger charge is -2.34. The van der Waals surface area contributed by atoms with E-state index in [0.717, 1.165) is 0 Å². The van der Waals surface area contributed by atoms with Crippen LogP contribution in [0.4, 0.5) is 10.5 Å². The van der Waals surface area contributed by atoms with Gasteiger partial charge in [0.05, 0.1) is 10.0 Å². The summed E-state index contributed by atoms with van der Waals surface area (Å²) in [6, 6.07) is 4.12. The van der Waals surface area contributed by atoms with Crippen molar-refractivity contribution in [1.29, 1.82) is 0 Å². The monoisotopic (exact) mass is 368 g/mol. The second-order valence-corrected chi connectivity index (χ2v) is 8.22. The number of nitrogens with one attached hydrogen (secondary N) is 2. The molecule has 0 spiro atoms. The maximum atomic E-state index is 12.6. The van der Waals surface area contributed by atoms with Crippen LogP contribution in [0.3, 0.4) is 0 Å². The molecule has 2 amide bonds. The molecule has 0 radical (unpaired) electrons. The molecule has 0 saturated heterocycles. The highest BCUT2D eigenvalue weighted by Gasteiger charge is 2.46. The fourth-order valence-electron chi connectivity index (χ4n) is 1.81. The summed E-state index contributed by atoms with van der Waals surface area (Å²) in [6.07, 6.45) is 0.348. The minimum absolute atomic E-state index is 0.317. The fourth-order valence-corrected chi connectivity index (χ4v) is 3.69. The first kappa shape index (κ1) is 19.3. The van der Waals surface area contributed by atoms with Crippen LogP contribution < -0.4 is 10.6 Å². The van der Waals surface area contributed by atoms with Crippen LogP contribution in [0.5, 0.6) is 0 Å². The molecule has 22 heavy (non-hydrogen) atoms. The van der Waals surface area contributed by atoms with Crippen LogP contribution in [0.2, 0.25) is 10.0 Å². The van der Waals surface area contributed by atoms with Gasteiger partial charge in [-0.05, 0) is 31.5 Å². The third-order valence-corrected chi connectivity index (χ3v) is 6.67. The topological polar surface area (TPSA) is 76.7 Å². The Morgan fingerprint density at radius 3 is 2.32 bits per heavy atom. The Morgan fingerprint density at radius 1 is 1.27 bits per heavy atom. The number of benzene rings is 1. The summed E-state index contributed by atoms with van der Waals surface area (Å²) in [5.41, 5.74) is 0.454. The first-order chi connectivity index (χ1) is 10.2. The van der Waals surface area contributed by atoms with Gasteiger partial charge in [0.15, 0.2) is 0 Å². The molecule has 0 bridgehead atoms. The minimum atomic E-state index is -3.50. The largest absolute Gasteiger partial charge is 0.355 e. The van der Waals surface area contributed by atoms with E-state index in [1.165, 1.54) is 20.3 Å². The van der Waals surface area contributed by atoms with Gasteiger partial charge in [-0.25, -0.2) is 4.79 Å². The van der Waals surface area contributed by atoms with Crippen LogP contribution in [0.15, 0.2) is 18.2 Å². The number of carbonyl (C=O) groups is 1. The summed E-state index contributed by atoms with van der Waals surface area (Å²) < 4.78 is 22.5. The molecule has 1 atom stereocenters. The molecular formula is C13H19Cl2N2O4P. The van der Waals surface area contributed by atoms with E-state index in [1.807, 2.05) is 0 Å². The van der Waals surface area contributed by atoms with Crippen LogP contribution in [0.1, 0.15) is 20.3 Å². The van der Waals surface area contributed by atoms with Crippen molar-refractivity contribution in [2.24, 2.45) is 0 Å². The molecule has 0 heterocycles. The van der Waals surface area contributed by atoms with Crippen molar-refractivity contribution < 1.29 is 18.4 Å². The summed E-state index contributed by atoms with van der Waals surface area (Å²) in [5, 5.41) is 4.75.